The van der Waals surface area contributed by atoms with Crippen molar-refractivity contribution in [3.63, 3.8) is 0 Å². The van der Waals surface area contributed by atoms with Gasteiger partial charge in [-0.05, 0) is 37.3 Å². The van der Waals surface area contributed by atoms with Crippen molar-refractivity contribution >= 4 is 5.91 Å². The second kappa shape index (κ2) is 7.00. The van der Waals surface area contributed by atoms with E-state index in [-0.39, 0.29) is 11.9 Å². The topological polar surface area (TPSA) is 89.3 Å². The van der Waals surface area contributed by atoms with Crippen LogP contribution in [0.5, 0.6) is 5.88 Å². The second-order valence-corrected chi connectivity index (χ2v) is 6.25. The number of ether oxygens (including phenoxy) is 1. The van der Waals surface area contributed by atoms with Crippen LogP contribution in [0.25, 0.3) is 0 Å². The third-order valence-electron chi connectivity index (χ3n) is 4.49. The molecule has 24 heavy (non-hydrogen) atoms. The predicted octanol–water partition coefficient (Wildman–Crippen LogP) is 1.16. The number of aryl methyl sites for hydroxylation is 1. The molecule has 3 rings (SSSR count). The number of nitrogens with zero attached hydrogens (tertiary/aromatic N) is 3. The van der Waals surface area contributed by atoms with E-state index in [0.717, 1.165) is 18.5 Å². The van der Waals surface area contributed by atoms with Gasteiger partial charge in [-0.2, -0.15) is 5.10 Å². The van der Waals surface area contributed by atoms with E-state index in [4.69, 9.17) is 4.74 Å². The smallest absolute Gasteiger partial charge is 0.253 e. The Morgan fingerprint density at radius 2 is 2.33 bits per heavy atom. The van der Waals surface area contributed by atoms with E-state index in [1.54, 1.807) is 12.3 Å². The minimum Gasteiger partial charge on any atom is -0.481 e. The van der Waals surface area contributed by atoms with Gasteiger partial charge in [0.15, 0.2) is 0 Å². The van der Waals surface area contributed by atoms with Gasteiger partial charge in [-0.25, -0.2) is 4.98 Å². The zero-order valence-corrected chi connectivity index (χ0v) is 13.8. The highest BCUT2D eigenvalue weighted by Crippen LogP contribution is 2.28. The third kappa shape index (κ3) is 3.56. The number of carbonyl (C=O) groups is 1. The molecule has 1 aliphatic rings. The SMILES string of the molecule is COc1cc(C)c(C(=O)N[C@@H]2CC(Cn3cccn3)C[C@H]2O)cn1. The first-order chi connectivity index (χ1) is 11.6. The number of pyridine rings is 1. The summed E-state index contributed by atoms with van der Waals surface area (Å²) in [6, 6.07) is 3.35. The summed E-state index contributed by atoms with van der Waals surface area (Å²) in [6.07, 6.45) is 6.00. The van der Waals surface area contributed by atoms with Crippen LogP contribution >= 0.6 is 0 Å². The molecule has 3 atom stereocenters. The average Bonchev–Trinajstić information content (AvgIpc) is 3.17. The summed E-state index contributed by atoms with van der Waals surface area (Å²) in [5.41, 5.74) is 1.29. The molecule has 2 aromatic rings. The Morgan fingerprint density at radius 3 is 3.00 bits per heavy atom. The summed E-state index contributed by atoms with van der Waals surface area (Å²) in [7, 11) is 1.54. The van der Waals surface area contributed by atoms with Crippen LogP contribution < -0.4 is 10.1 Å². The van der Waals surface area contributed by atoms with E-state index in [0.29, 0.717) is 23.8 Å². The minimum atomic E-state index is -0.541. The lowest BCUT2D eigenvalue weighted by atomic mass is 10.1. The van der Waals surface area contributed by atoms with Gasteiger partial charge in [0.05, 0.1) is 24.8 Å². The van der Waals surface area contributed by atoms with Crippen molar-refractivity contribution in [2.45, 2.75) is 38.5 Å². The number of hydrogen-bond acceptors (Lipinski definition) is 5. The average molecular weight is 330 g/mol. The zero-order chi connectivity index (χ0) is 17.1. The maximum absolute atomic E-state index is 12.5. The molecule has 0 aliphatic heterocycles. The Hall–Kier alpha value is -2.41. The lowest BCUT2D eigenvalue weighted by Gasteiger charge is -2.17. The lowest BCUT2D eigenvalue weighted by Crippen LogP contribution is -2.40. The number of rotatable bonds is 5. The van der Waals surface area contributed by atoms with Crippen molar-refractivity contribution in [1.82, 2.24) is 20.1 Å². The summed E-state index contributed by atoms with van der Waals surface area (Å²) < 4.78 is 6.91. The molecule has 1 aliphatic carbocycles. The molecule has 1 saturated carbocycles. The van der Waals surface area contributed by atoms with E-state index < -0.39 is 6.10 Å². The van der Waals surface area contributed by atoms with Crippen LogP contribution in [-0.4, -0.2) is 45.0 Å². The van der Waals surface area contributed by atoms with E-state index in [1.165, 1.54) is 13.3 Å². The molecule has 2 heterocycles. The van der Waals surface area contributed by atoms with Gasteiger partial charge in [0.1, 0.15) is 0 Å². The Kier molecular flexibility index (Phi) is 4.80. The van der Waals surface area contributed by atoms with Crippen molar-refractivity contribution < 1.29 is 14.6 Å². The predicted molar refractivity (Wildman–Crippen MR) is 87.7 cm³/mol. The van der Waals surface area contributed by atoms with E-state index in [1.807, 2.05) is 23.9 Å². The Labute approximate surface area is 140 Å². The Bertz CT molecular complexity index is 702. The lowest BCUT2D eigenvalue weighted by molar-refractivity contribution is 0.0871. The summed E-state index contributed by atoms with van der Waals surface area (Å²) in [5.74, 6) is 0.552. The highest BCUT2D eigenvalue weighted by molar-refractivity contribution is 5.95. The molecule has 0 aromatic carbocycles. The maximum Gasteiger partial charge on any atom is 0.253 e. The summed E-state index contributed by atoms with van der Waals surface area (Å²) in [4.78, 5) is 16.6. The fourth-order valence-electron chi connectivity index (χ4n) is 3.22. The number of aliphatic hydroxyl groups is 1. The van der Waals surface area contributed by atoms with Crippen LogP contribution in [-0.2, 0) is 6.54 Å². The van der Waals surface area contributed by atoms with Gasteiger partial charge in [0.25, 0.3) is 5.91 Å². The molecule has 0 radical (unpaired) electrons. The number of nitrogens with one attached hydrogen (secondary N) is 1. The van der Waals surface area contributed by atoms with Crippen molar-refractivity contribution in [3.8, 4) is 5.88 Å². The molecule has 1 amide bonds. The molecule has 2 N–H and O–H groups in total. The largest absolute Gasteiger partial charge is 0.481 e. The third-order valence-corrected chi connectivity index (χ3v) is 4.49. The van der Waals surface area contributed by atoms with Gasteiger partial charge in [-0.3, -0.25) is 9.48 Å². The molecule has 0 saturated heterocycles. The number of methoxy groups -OCH3 is 1. The Balaban J connectivity index is 1.62. The fraction of sp³-hybridized carbons (Fsp3) is 0.471. The molecular weight excluding hydrogens is 308 g/mol. The number of aliphatic hydroxyl groups excluding tert-OH is 1. The molecule has 0 bridgehead atoms. The molecule has 128 valence electrons. The molecule has 7 nitrogen and oxygen atoms in total. The first-order valence-corrected chi connectivity index (χ1v) is 8.04. The van der Waals surface area contributed by atoms with Crippen LogP contribution in [0.3, 0.4) is 0 Å². The van der Waals surface area contributed by atoms with Crippen molar-refractivity contribution in [1.29, 1.82) is 0 Å². The Morgan fingerprint density at radius 1 is 1.50 bits per heavy atom. The number of aromatic nitrogens is 3. The number of hydrogen-bond donors (Lipinski definition) is 2. The standard InChI is InChI=1S/C17H22N4O3/c1-11-6-16(24-2)18-9-13(11)17(23)20-14-7-12(8-15(14)22)10-21-5-3-4-19-21/h3-6,9,12,14-15,22H,7-8,10H2,1-2H3,(H,20,23)/t12?,14-,15-/m1/s1. The highest BCUT2D eigenvalue weighted by atomic mass is 16.5. The van der Waals surface area contributed by atoms with Crippen molar-refractivity contribution in [2.75, 3.05) is 7.11 Å². The molecule has 1 unspecified atom stereocenters. The summed E-state index contributed by atoms with van der Waals surface area (Å²) in [6.45, 7) is 2.59. The first-order valence-electron chi connectivity index (χ1n) is 8.04. The quantitative estimate of drug-likeness (QED) is 0.859. The molecular formula is C17H22N4O3. The summed E-state index contributed by atoms with van der Waals surface area (Å²) >= 11 is 0. The van der Waals surface area contributed by atoms with Crippen molar-refractivity contribution in [3.05, 3.63) is 41.9 Å². The maximum atomic E-state index is 12.5. The van der Waals surface area contributed by atoms with E-state index in [2.05, 4.69) is 15.4 Å². The van der Waals surface area contributed by atoms with Crippen LogP contribution in [0.1, 0.15) is 28.8 Å². The van der Waals surface area contributed by atoms with Gasteiger partial charge in [0.2, 0.25) is 5.88 Å². The highest BCUT2D eigenvalue weighted by Gasteiger charge is 2.34. The van der Waals surface area contributed by atoms with Gasteiger partial charge in [0, 0.05) is 31.2 Å². The number of carbonyl (C=O) groups excluding carboxylic acids is 1. The van der Waals surface area contributed by atoms with Gasteiger partial charge in [-0.15, -0.1) is 0 Å². The first kappa shape index (κ1) is 16.4. The molecule has 2 aromatic heterocycles. The molecule has 7 heteroatoms. The van der Waals surface area contributed by atoms with Gasteiger partial charge < -0.3 is 15.2 Å². The van der Waals surface area contributed by atoms with E-state index in [9.17, 15) is 9.90 Å². The second-order valence-electron chi connectivity index (χ2n) is 6.25. The van der Waals surface area contributed by atoms with E-state index >= 15 is 0 Å². The van der Waals surface area contributed by atoms with Crippen molar-refractivity contribution in [2.24, 2.45) is 5.92 Å². The van der Waals surface area contributed by atoms with Crippen LogP contribution in [0, 0.1) is 12.8 Å². The van der Waals surface area contributed by atoms with Gasteiger partial charge >= 0.3 is 0 Å². The normalized spacial score (nSPS) is 23.2. The van der Waals surface area contributed by atoms with Crippen LogP contribution in [0.4, 0.5) is 0 Å². The monoisotopic (exact) mass is 330 g/mol. The minimum absolute atomic E-state index is 0.216. The van der Waals surface area contributed by atoms with Crippen LogP contribution in [0.15, 0.2) is 30.7 Å². The summed E-state index contributed by atoms with van der Waals surface area (Å²) in [5, 5.41) is 17.4. The number of amides is 1. The van der Waals surface area contributed by atoms with Crippen LogP contribution in [0.2, 0.25) is 0 Å². The zero-order valence-electron chi connectivity index (χ0n) is 13.8. The fourth-order valence-corrected chi connectivity index (χ4v) is 3.22. The molecule has 0 spiro atoms. The molecule has 1 fully saturated rings. The van der Waals surface area contributed by atoms with Gasteiger partial charge in [-0.1, -0.05) is 0 Å².